The zero-order valence-corrected chi connectivity index (χ0v) is 16.7. The Kier molecular flexibility index (Phi) is 5.41. The number of carbonyl (C=O) groups excluding carboxylic acids is 1. The van der Waals surface area contributed by atoms with Crippen LogP contribution in [0.2, 0.25) is 0 Å². The van der Waals surface area contributed by atoms with Crippen LogP contribution in [0, 0.1) is 6.92 Å². The summed E-state index contributed by atoms with van der Waals surface area (Å²) in [7, 11) is 3.15. The maximum Gasteiger partial charge on any atom is 0.340 e. The SMILES string of the molecule is [CH2]c1cccc(C(=O)OC2(CC(OC)OC)NCCc3c2[nH]c2ccccc32)c1. The summed E-state index contributed by atoms with van der Waals surface area (Å²) in [6.45, 7) is 4.56. The normalized spacial score (nSPS) is 18.8. The third-order valence-corrected chi connectivity index (χ3v) is 5.41. The van der Waals surface area contributed by atoms with E-state index in [2.05, 4.69) is 23.3 Å². The van der Waals surface area contributed by atoms with Crippen LogP contribution in [0.3, 0.4) is 0 Å². The summed E-state index contributed by atoms with van der Waals surface area (Å²) < 4.78 is 17.0. The van der Waals surface area contributed by atoms with Gasteiger partial charge in [0.2, 0.25) is 5.72 Å². The van der Waals surface area contributed by atoms with Crippen molar-refractivity contribution in [2.75, 3.05) is 20.8 Å². The molecule has 1 radical (unpaired) electrons. The Hall–Kier alpha value is -2.67. The third-order valence-electron chi connectivity index (χ3n) is 5.41. The van der Waals surface area contributed by atoms with Crippen molar-refractivity contribution < 1.29 is 19.0 Å². The van der Waals surface area contributed by atoms with E-state index in [0.29, 0.717) is 18.5 Å². The number of rotatable bonds is 6. The number of aromatic nitrogens is 1. The van der Waals surface area contributed by atoms with E-state index >= 15 is 0 Å². The van der Waals surface area contributed by atoms with Crippen molar-refractivity contribution in [1.82, 2.24) is 10.3 Å². The van der Waals surface area contributed by atoms with Gasteiger partial charge in [-0.1, -0.05) is 30.3 Å². The highest BCUT2D eigenvalue weighted by molar-refractivity contribution is 5.90. The first kappa shape index (κ1) is 19.6. The molecule has 0 fully saturated rings. The number of fused-ring (bicyclic) bond motifs is 3. The predicted octanol–water partition coefficient (Wildman–Crippen LogP) is 3.51. The van der Waals surface area contributed by atoms with Gasteiger partial charge in [-0.05, 0) is 42.7 Å². The molecule has 0 saturated carbocycles. The monoisotopic (exact) mass is 393 g/mol. The summed E-state index contributed by atoms with van der Waals surface area (Å²) in [6, 6.07) is 15.2. The number of para-hydroxylation sites is 1. The summed E-state index contributed by atoms with van der Waals surface area (Å²) in [5, 5.41) is 4.55. The van der Waals surface area contributed by atoms with Crippen LogP contribution in [-0.2, 0) is 26.4 Å². The number of hydrogen-bond acceptors (Lipinski definition) is 5. The predicted molar refractivity (Wildman–Crippen MR) is 110 cm³/mol. The minimum atomic E-state index is -1.10. The Morgan fingerprint density at radius 2 is 1.97 bits per heavy atom. The fraction of sp³-hybridized carbons (Fsp3) is 0.304. The Balaban J connectivity index is 1.79. The largest absolute Gasteiger partial charge is 0.434 e. The van der Waals surface area contributed by atoms with E-state index in [9.17, 15) is 4.79 Å². The Morgan fingerprint density at radius 1 is 1.17 bits per heavy atom. The minimum absolute atomic E-state index is 0.301. The first-order valence-corrected chi connectivity index (χ1v) is 9.62. The highest BCUT2D eigenvalue weighted by Crippen LogP contribution is 2.38. The van der Waals surface area contributed by atoms with Crippen LogP contribution in [0.25, 0.3) is 10.9 Å². The molecule has 3 aromatic rings. The topological polar surface area (TPSA) is 72.6 Å². The van der Waals surface area contributed by atoms with Crippen LogP contribution in [0.15, 0.2) is 48.5 Å². The zero-order chi connectivity index (χ0) is 20.4. The van der Waals surface area contributed by atoms with Gasteiger partial charge < -0.3 is 19.2 Å². The molecule has 1 unspecified atom stereocenters. The van der Waals surface area contributed by atoms with Crippen molar-refractivity contribution in [3.05, 3.63) is 77.8 Å². The van der Waals surface area contributed by atoms with Gasteiger partial charge in [-0.3, -0.25) is 5.32 Å². The van der Waals surface area contributed by atoms with Crippen LogP contribution in [0.4, 0.5) is 0 Å². The van der Waals surface area contributed by atoms with Gasteiger partial charge >= 0.3 is 5.97 Å². The molecule has 1 atom stereocenters. The number of hydrogen-bond donors (Lipinski definition) is 2. The summed E-state index contributed by atoms with van der Waals surface area (Å²) >= 11 is 0. The molecule has 2 N–H and O–H groups in total. The average molecular weight is 393 g/mol. The molecular formula is C23H25N2O4. The van der Waals surface area contributed by atoms with Gasteiger partial charge in [0, 0.05) is 31.7 Å². The lowest BCUT2D eigenvalue weighted by Gasteiger charge is -2.39. The number of nitrogens with one attached hydrogen (secondary N) is 2. The second-order valence-corrected chi connectivity index (χ2v) is 7.22. The molecule has 1 aliphatic rings. The lowest BCUT2D eigenvalue weighted by atomic mass is 9.93. The van der Waals surface area contributed by atoms with Gasteiger partial charge in [0.1, 0.15) is 0 Å². The van der Waals surface area contributed by atoms with E-state index < -0.39 is 18.0 Å². The molecule has 0 saturated heterocycles. The fourth-order valence-electron chi connectivity index (χ4n) is 4.00. The quantitative estimate of drug-likeness (QED) is 0.495. The fourth-order valence-corrected chi connectivity index (χ4v) is 4.00. The van der Waals surface area contributed by atoms with Crippen LogP contribution in [0.1, 0.15) is 33.6 Å². The van der Waals surface area contributed by atoms with E-state index in [4.69, 9.17) is 14.2 Å². The van der Waals surface area contributed by atoms with Crippen molar-refractivity contribution in [1.29, 1.82) is 0 Å². The molecular weight excluding hydrogens is 368 g/mol. The number of aromatic amines is 1. The summed E-state index contributed by atoms with van der Waals surface area (Å²) in [5.74, 6) is -0.430. The van der Waals surface area contributed by atoms with Crippen molar-refractivity contribution in [3.63, 3.8) is 0 Å². The molecule has 0 amide bonds. The third kappa shape index (κ3) is 3.67. The molecule has 29 heavy (non-hydrogen) atoms. The summed E-state index contributed by atoms with van der Waals surface area (Å²) in [6.07, 6.45) is 0.583. The van der Waals surface area contributed by atoms with Gasteiger partial charge in [0.25, 0.3) is 0 Å². The Morgan fingerprint density at radius 3 is 2.72 bits per heavy atom. The molecule has 1 aliphatic heterocycles. The Labute approximate surface area is 170 Å². The van der Waals surface area contributed by atoms with Crippen LogP contribution in [-0.4, -0.2) is 38.0 Å². The van der Waals surface area contributed by atoms with Gasteiger partial charge in [0.15, 0.2) is 6.29 Å². The Bertz CT molecular complexity index is 1020. The number of benzene rings is 2. The molecule has 0 bridgehead atoms. The molecule has 4 rings (SSSR count). The van der Waals surface area contributed by atoms with Crippen molar-refractivity contribution in [2.24, 2.45) is 0 Å². The number of H-pyrrole nitrogens is 1. The first-order chi connectivity index (χ1) is 14.1. The average Bonchev–Trinajstić information content (AvgIpc) is 3.12. The lowest BCUT2D eigenvalue weighted by molar-refractivity contribution is -0.158. The number of esters is 1. The maximum atomic E-state index is 13.1. The second kappa shape index (κ2) is 7.99. The summed E-state index contributed by atoms with van der Waals surface area (Å²) in [5.41, 5.74) is 3.09. The standard InChI is InChI=1S/C23H25N2O4/c1-15-7-6-8-16(13-15)22(26)29-23(14-20(27-2)28-3)21-18(11-12-24-23)17-9-4-5-10-19(17)25-21/h4-10,13,20,24-25H,1,11-12,14H2,2-3H3. The number of methoxy groups -OCH3 is 2. The molecule has 151 valence electrons. The lowest BCUT2D eigenvalue weighted by Crippen LogP contribution is -2.52. The highest BCUT2D eigenvalue weighted by Gasteiger charge is 2.44. The van der Waals surface area contributed by atoms with Crippen molar-refractivity contribution in [3.8, 4) is 0 Å². The van der Waals surface area contributed by atoms with E-state index in [0.717, 1.165) is 34.1 Å². The molecule has 2 aromatic carbocycles. The van der Waals surface area contributed by atoms with E-state index in [1.54, 1.807) is 32.4 Å². The van der Waals surface area contributed by atoms with Gasteiger partial charge in [0.05, 0.1) is 17.7 Å². The first-order valence-electron chi connectivity index (χ1n) is 9.62. The molecule has 0 spiro atoms. The van der Waals surface area contributed by atoms with Crippen LogP contribution >= 0.6 is 0 Å². The second-order valence-electron chi connectivity index (χ2n) is 7.22. The number of ether oxygens (including phenoxy) is 3. The van der Waals surface area contributed by atoms with Gasteiger partial charge in [-0.2, -0.15) is 0 Å². The summed E-state index contributed by atoms with van der Waals surface area (Å²) in [4.78, 5) is 16.5. The van der Waals surface area contributed by atoms with Crippen LogP contribution in [0.5, 0.6) is 0 Å². The van der Waals surface area contributed by atoms with Crippen molar-refractivity contribution in [2.45, 2.75) is 24.9 Å². The molecule has 0 aliphatic carbocycles. The smallest absolute Gasteiger partial charge is 0.340 e. The molecule has 6 heteroatoms. The highest BCUT2D eigenvalue weighted by atomic mass is 16.7. The number of carbonyl (C=O) groups is 1. The molecule has 1 aromatic heterocycles. The van der Waals surface area contributed by atoms with Gasteiger partial charge in [-0.25, -0.2) is 4.79 Å². The van der Waals surface area contributed by atoms with E-state index in [1.165, 1.54) is 0 Å². The van der Waals surface area contributed by atoms with E-state index in [-0.39, 0.29) is 0 Å². The van der Waals surface area contributed by atoms with E-state index in [1.807, 2.05) is 24.3 Å². The van der Waals surface area contributed by atoms with Crippen molar-refractivity contribution >= 4 is 16.9 Å². The zero-order valence-electron chi connectivity index (χ0n) is 16.7. The molecule has 2 heterocycles. The van der Waals surface area contributed by atoms with Gasteiger partial charge in [-0.15, -0.1) is 0 Å². The maximum absolute atomic E-state index is 13.1. The minimum Gasteiger partial charge on any atom is -0.434 e. The van der Waals surface area contributed by atoms with Crippen LogP contribution < -0.4 is 5.32 Å². The molecule has 6 nitrogen and oxygen atoms in total.